The predicted molar refractivity (Wildman–Crippen MR) is 111 cm³/mol. The normalized spacial score (nSPS) is 31.0. The monoisotopic (exact) mass is 413 g/mol. The number of rotatable bonds is 4. The second kappa shape index (κ2) is 6.74. The molecule has 0 radical (unpaired) electrons. The van der Waals surface area contributed by atoms with Crippen LogP contribution in [0, 0.1) is 0 Å². The molecule has 3 aliphatic rings. The number of benzene rings is 1. The Morgan fingerprint density at radius 3 is 2.66 bits per heavy atom. The highest BCUT2D eigenvalue weighted by Crippen LogP contribution is 2.73. The number of hydrogen-bond donors (Lipinski definition) is 2. The van der Waals surface area contributed by atoms with Crippen molar-refractivity contribution in [3.05, 3.63) is 58.9 Å². The van der Waals surface area contributed by atoms with E-state index in [1.165, 1.54) is 0 Å². The van der Waals surface area contributed by atoms with Crippen LogP contribution in [0.5, 0.6) is 5.75 Å². The van der Waals surface area contributed by atoms with Crippen molar-refractivity contribution in [2.24, 2.45) is 0 Å². The number of hydrogen-bond acceptors (Lipinski definition) is 5. The quantitative estimate of drug-likeness (QED) is 0.747. The smallest absolute Gasteiger partial charge is 0.254 e. The first kappa shape index (κ1) is 18.4. The van der Waals surface area contributed by atoms with Crippen LogP contribution in [0.25, 0.3) is 0 Å². The lowest BCUT2D eigenvalue weighted by molar-refractivity contribution is 0.0947. The number of carbonyl (C=O) groups is 2. The summed E-state index contributed by atoms with van der Waals surface area (Å²) < 4.78 is 11.4. The van der Waals surface area contributed by atoms with Gasteiger partial charge >= 0.3 is 0 Å². The van der Waals surface area contributed by atoms with Crippen LogP contribution in [-0.4, -0.2) is 59.9 Å². The van der Waals surface area contributed by atoms with Crippen molar-refractivity contribution < 1.29 is 19.1 Å². The molecule has 1 aromatic carbocycles. The molecular formula is C21H23N3O4S. The van der Waals surface area contributed by atoms with Gasteiger partial charge in [0.05, 0.1) is 30.1 Å². The van der Waals surface area contributed by atoms with Gasteiger partial charge in [0.25, 0.3) is 11.8 Å². The molecule has 0 spiro atoms. The van der Waals surface area contributed by atoms with Crippen LogP contribution in [0.2, 0.25) is 0 Å². The van der Waals surface area contributed by atoms with E-state index in [2.05, 4.69) is 21.9 Å². The molecule has 0 bridgehead atoms. The van der Waals surface area contributed by atoms with E-state index in [-0.39, 0.29) is 23.1 Å². The molecular weight excluding hydrogens is 390 g/mol. The number of aromatic nitrogens is 1. The maximum atomic E-state index is 13.1. The van der Waals surface area contributed by atoms with Crippen LogP contribution in [-0.2, 0) is 4.74 Å². The van der Waals surface area contributed by atoms with Crippen molar-refractivity contribution >= 4 is 21.8 Å². The summed E-state index contributed by atoms with van der Waals surface area (Å²) in [6.07, 6.45) is 5.70. The Bertz CT molecular complexity index is 999. The molecule has 5 rings (SSSR count). The molecule has 2 saturated heterocycles. The van der Waals surface area contributed by atoms with Gasteiger partial charge in [-0.1, -0.05) is 0 Å². The zero-order valence-corrected chi connectivity index (χ0v) is 17.1. The minimum Gasteiger partial charge on any atom is -0.491 e. The van der Waals surface area contributed by atoms with Gasteiger partial charge in [-0.2, -0.15) is 10.0 Å². The van der Waals surface area contributed by atoms with Crippen molar-refractivity contribution in [2.75, 3.05) is 32.5 Å². The second-order valence-electron chi connectivity index (χ2n) is 7.82. The lowest BCUT2D eigenvalue weighted by Gasteiger charge is -2.16. The Labute approximate surface area is 170 Å². The van der Waals surface area contributed by atoms with E-state index in [9.17, 15) is 9.59 Å². The minimum absolute atomic E-state index is 0.0407. The predicted octanol–water partition coefficient (Wildman–Crippen LogP) is 1.83. The number of pyridine rings is 1. The number of fused-ring (bicyclic) bond motifs is 2. The van der Waals surface area contributed by atoms with Gasteiger partial charge in [0.15, 0.2) is 0 Å². The average molecular weight is 413 g/mol. The number of amides is 2. The SMILES string of the molecule is CNC(=O)c1cc(C(=O)NC2C3COCS32C)cc2c1OCC2c1ccncc1. The third-order valence-electron chi connectivity index (χ3n) is 6.16. The van der Waals surface area contributed by atoms with E-state index in [1.54, 1.807) is 25.5 Å². The summed E-state index contributed by atoms with van der Waals surface area (Å²) in [6, 6.07) is 7.37. The summed E-state index contributed by atoms with van der Waals surface area (Å²) >= 11 is 0. The molecule has 4 heterocycles. The molecule has 2 aromatic rings. The highest BCUT2D eigenvalue weighted by molar-refractivity contribution is 8.40. The molecule has 4 unspecified atom stereocenters. The summed E-state index contributed by atoms with van der Waals surface area (Å²) in [6.45, 7) is 1.15. The summed E-state index contributed by atoms with van der Waals surface area (Å²) in [7, 11) is 0.691. The third kappa shape index (κ3) is 2.89. The fourth-order valence-corrected chi connectivity index (χ4v) is 7.65. The summed E-state index contributed by atoms with van der Waals surface area (Å²) in [4.78, 5) is 29.6. The van der Waals surface area contributed by atoms with Crippen molar-refractivity contribution in [3.63, 3.8) is 0 Å². The van der Waals surface area contributed by atoms with Gasteiger partial charge in [-0.3, -0.25) is 14.6 Å². The molecule has 4 atom stereocenters. The zero-order valence-electron chi connectivity index (χ0n) is 16.3. The number of nitrogens with zero attached hydrogens (tertiary/aromatic N) is 1. The van der Waals surface area contributed by atoms with Gasteiger partial charge < -0.3 is 20.1 Å². The van der Waals surface area contributed by atoms with E-state index in [0.29, 0.717) is 28.7 Å². The maximum absolute atomic E-state index is 13.1. The first-order valence-electron chi connectivity index (χ1n) is 9.58. The maximum Gasteiger partial charge on any atom is 0.254 e. The highest BCUT2D eigenvalue weighted by Gasteiger charge is 2.61. The standard InChI is InChI=1S/C21H23N3O4S/c1-22-20(26)15-8-13(19(25)24-21-17-10-27-11-29(17,21)2)7-14-16(9-28-18(14)15)12-3-5-23-6-4-12/h3-8,16-17,21H,9-11H2,1-2H3,(H,22,26)(H,24,25). The van der Waals surface area contributed by atoms with Crippen LogP contribution in [0.1, 0.15) is 37.8 Å². The largest absolute Gasteiger partial charge is 0.491 e. The Morgan fingerprint density at radius 2 is 1.97 bits per heavy atom. The lowest BCUT2D eigenvalue weighted by atomic mass is 9.91. The molecule has 2 N–H and O–H groups in total. The average Bonchev–Trinajstić information content (AvgIpc) is 3.11. The number of ether oxygens (including phenoxy) is 2. The van der Waals surface area contributed by atoms with E-state index >= 15 is 0 Å². The Morgan fingerprint density at radius 1 is 1.17 bits per heavy atom. The molecule has 8 heteroatoms. The van der Waals surface area contributed by atoms with E-state index in [1.807, 2.05) is 18.2 Å². The van der Waals surface area contributed by atoms with Crippen LogP contribution >= 0.6 is 10.0 Å². The van der Waals surface area contributed by atoms with Crippen LogP contribution in [0.3, 0.4) is 0 Å². The summed E-state index contributed by atoms with van der Waals surface area (Å²) in [5.41, 5.74) is 2.79. The van der Waals surface area contributed by atoms with Crippen molar-refractivity contribution in [2.45, 2.75) is 16.5 Å². The summed E-state index contributed by atoms with van der Waals surface area (Å²) in [5, 5.41) is 6.48. The van der Waals surface area contributed by atoms with Gasteiger partial charge in [0.1, 0.15) is 5.75 Å². The lowest BCUT2D eigenvalue weighted by Crippen LogP contribution is -2.30. The number of nitrogens with one attached hydrogen (secondary N) is 2. The van der Waals surface area contributed by atoms with E-state index in [0.717, 1.165) is 23.7 Å². The number of carbonyl (C=O) groups excluding carboxylic acids is 2. The van der Waals surface area contributed by atoms with Crippen LogP contribution in [0.4, 0.5) is 0 Å². The van der Waals surface area contributed by atoms with Gasteiger partial charge in [-0.25, -0.2) is 0 Å². The first-order chi connectivity index (χ1) is 14.0. The Balaban J connectivity index is 1.50. The fourth-order valence-electron chi connectivity index (χ4n) is 4.34. The van der Waals surface area contributed by atoms with Crippen LogP contribution in [0.15, 0.2) is 36.7 Å². The van der Waals surface area contributed by atoms with Crippen molar-refractivity contribution in [1.82, 2.24) is 15.6 Å². The minimum atomic E-state index is -0.885. The molecule has 152 valence electrons. The molecule has 3 aliphatic heterocycles. The van der Waals surface area contributed by atoms with E-state index < -0.39 is 10.0 Å². The van der Waals surface area contributed by atoms with Crippen LogP contribution < -0.4 is 15.4 Å². The zero-order chi connectivity index (χ0) is 20.2. The van der Waals surface area contributed by atoms with Gasteiger partial charge in [-0.15, -0.1) is 0 Å². The third-order valence-corrected chi connectivity index (χ3v) is 9.91. The Hall–Kier alpha value is -2.58. The molecule has 0 saturated carbocycles. The second-order valence-corrected chi connectivity index (χ2v) is 11.6. The molecule has 2 fully saturated rings. The first-order valence-corrected chi connectivity index (χ1v) is 11.9. The molecule has 29 heavy (non-hydrogen) atoms. The summed E-state index contributed by atoms with van der Waals surface area (Å²) in [5.74, 6) is 0.860. The van der Waals surface area contributed by atoms with Crippen molar-refractivity contribution in [1.29, 1.82) is 0 Å². The topological polar surface area (TPSA) is 89.6 Å². The van der Waals surface area contributed by atoms with Crippen molar-refractivity contribution in [3.8, 4) is 5.75 Å². The van der Waals surface area contributed by atoms with Gasteiger partial charge in [0, 0.05) is 41.7 Å². The van der Waals surface area contributed by atoms with Gasteiger partial charge in [0.2, 0.25) is 0 Å². The Kier molecular flexibility index (Phi) is 4.29. The molecule has 0 aliphatic carbocycles. The fraction of sp³-hybridized carbons (Fsp3) is 0.381. The molecule has 7 nitrogen and oxygen atoms in total. The molecule has 1 aromatic heterocycles. The van der Waals surface area contributed by atoms with E-state index in [4.69, 9.17) is 9.47 Å². The highest BCUT2D eigenvalue weighted by atomic mass is 32.3. The van der Waals surface area contributed by atoms with Gasteiger partial charge in [-0.05, 0) is 36.1 Å². The molecule has 2 amide bonds.